The van der Waals surface area contributed by atoms with Crippen molar-refractivity contribution in [3.8, 4) is 5.75 Å². The molecule has 0 saturated carbocycles. The maximum Gasteiger partial charge on any atom is 0.253 e. The van der Waals surface area contributed by atoms with E-state index in [1.165, 1.54) is 19.0 Å². The van der Waals surface area contributed by atoms with E-state index >= 15 is 0 Å². The molecule has 3 heterocycles. The first-order valence-corrected chi connectivity index (χ1v) is 9.83. The number of nitrogens with zero attached hydrogens (tertiary/aromatic N) is 2. The standard InChI is InChI=1S/C21H24ClN3O2/c1-25-16-6-7-17(25)11-19(10-16)27-18-4-2-3-14(9-18)12-24-21(26)15-5-8-20(22)23-13-15/h2-5,8-9,13,16-17,19H,6-7,10-12H2,1H3,(H,24,26)/t16-,17+,19+. The highest BCUT2D eigenvalue weighted by Gasteiger charge is 2.39. The second kappa shape index (κ2) is 7.87. The molecule has 6 heteroatoms. The van der Waals surface area contributed by atoms with Gasteiger partial charge < -0.3 is 15.0 Å². The summed E-state index contributed by atoms with van der Waals surface area (Å²) in [6, 6.07) is 12.6. The number of ether oxygens (including phenoxy) is 1. The van der Waals surface area contributed by atoms with Gasteiger partial charge in [-0.15, -0.1) is 0 Å². The fourth-order valence-electron chi connectivity index (χ4n) is 4.17. The Hall–Kier alpha value is -2.11. The van der Waals surface area contributed by atoms with Crippen molar-refractivity contribution in [2.45, 2.75) is 50.4 Å². The summed E-state index contributed by atoms with van der Waals surface area (Å²) < 4.78 is 6.27. The number of fused-ring (bicyclic) bond motifs is 2. The molecule has 1 aromatic heterocycles. The summed E-state index contributed by atoms with van der Waals surface area (Å²) in [7, 11) is 2.23. The molecule has 4 rings (SSSR count). The van der Waals surface area contributed by atoms with Crippen molar-refractivity contribution < 1.29 is 9.53 Å². The van der Waals surface area contributed by atoms with Gasteiger partial charge in [0.25, 0.3) is 5.91 Å². The van der Waals surface area contributed by atoms with Crippen LogP contribution < -0.4 is 10.1 Å². The van der Waals surface area contributed by atoms with Crippen LogP contribution in [0.5, 0.6) is 5.75 Å². The zero-order chi connectivity index (χ0) is 18.8. The number of piperidine rings is 1. The minimum atomic E-state index is -0.169. The molecule has 3 atom stereocenters. The van der Waals surface area contributed by atoms with Crippen molar-refractivity contribution >= 4 is 17.5 Å². The Labute approximate surface area is 164 Å². The average molecular weight is 386 g/mol. The number of hydrogen-bond donors (Lipinski definition) is 1. The number of pyridine rings is 1. The molecule has 2 fully saturated rings. The summed E-state index contributed by atoms with van der Waals surface area (Å²) in [5, 5.41) is 3.29. The molecule has 5 nitrogen and oxygen atoms in total. The second-order valence-corrected chi connectivity index (χ2v) is 7.85. The van der Waals surface area contributed by atoms with Crippen LogP contribution >= 0.6 is 11.6 Å². The molecule has 0 radical (unpaired) electrons. The Morgan fingerprint density at radius 2 is 2.04 bits per heavy atom. The number of amides is 1. The lowest BCUT2D eigenvalue weighted by molar-refractivity contribution is 0.0661. The lowest BCUT2D eigenvalue weighted by Crippen LogP contribution is -2.43. The van der Waals surface area contributed by atoms with Crippen LogP contribution in [0.4, 0.5) is 0 Å². The molecule has 142 valence electrons. The van der Waals surface area contributed by atoms with Crippen LogP contribution in [0, 0.1) is 0 Å². The maximum absolute atomic E-state index is 12.2. The molecule has 2 aliphatic rings. The highest BCUT2D eigenvalue weighted by Crippen LogP contribution is 2.36. The van der Waals surface area contributed by atoms with Crippen molar-refractivity contribution in [1.29, 1.82) is 0 Å². The minimum absolute atomic E-state index is 0.169. The van der Waals surface area contributed by atoms with E-state index in [1.807, 2.05) is 24.3 Å². The van der Waals surface area contributed by atoms with Crippen LogP contribution in [0.15, 0.2) is 42.6 Å². The Bertz CT molecular complexity index is 797. The summed E-state index contributed by atoms with van der Waals surface area (Å²) >= 11 is 5.76. The van der Waals surface area contributed by atoms with E-state index in [9.17, 15) is 4.79 Å². The molecule has 1 aromatic carbocycles. The minimum Gasteiger partial charge on any atom is -0.490 e. The zero-order valence-corrected chi connectivity index (χ0v) is 16.2. The number of carbonyl (C=O) groups excluding carboxylic acids is 1. The lowest BCUT2D eigenvalue weighted by atomic mass is 10.0. The van der Waals surface area contributed by atoms with E-state index in [2.05, 4.69) is 22.2 Å². The van der Waals surface area contributed by atoms with Crippen LogP contribution in [-0.4, -0.2) is 41.0 Å². The maximum atomic E-state index is 12.2. The van der Waals surface area contributed by atoms with Crippen LogP contribution in [-0.2, 0) is 6.54 Å². The highest BCUT2D eigenvalue weighted by atomic mass is 35.5. The molecule has 0 unspecified atom stereocenters. The largest absolute Gasteiger partial charge is 0.490 e. The van der Waals surface area contributed by atoms with Gasteiger partial charge >= 0.3 is 0 Å². The van der Waals surface area contributed by atoms with Crippen LogP contribution in [0.3, 0.4) is 0 Å². The first-order chi connectivity index (χ1) is 13.1. The molecular weight excluding hydrogens is 362 g/mol. The van der Waals surface area contributed by atoms with E-state index < -0.39 is 0 Å². The number of carbonyl (C=O) groups is 1. The zero-order valence-electron chi connectivity index (χ0n) is 15.4. The molecule has 1 N–H and O–H groups in total. The summed E-state index contributed by atoms with van der Waals surface area (Å²) in [5.74, 6) is 0.709. The SMILES string of the molecule is CN1[C@@H]2CC[C@H]1C[C@@H](Oc1cccc(CNC(=O)c3ccc(Cl)nc3)c1)C2. The molecule has 2 saturated heterocycles. The molecule has 27 heavy (non-hydrogen) atoms. The van der Waals surface area contributed by atoms with Gasteiger partial charge in [-0.1, -0.05) is 23.7 Å². The Kier molecular flexibility index (Phi) is 5.32. The third-order valence-corrected chi connectivity index (χ3v) is 5.92. The van der Waals surface area contributed by atoms with E-state index in [-0.39, 0.29) is 12.0 Å². The van der Waals surface area contributed by atoms with Gasteiger partial charge in [0, 0.05) is 24.8 Å². The third kappa shape index (κ3) is 4.25. The van der Waals surface area contributed by atoms with Crippen LogP contribution in [0.1, 0.15) is 41.6 Å². The summed E-state index contributed by atoms with van der Waals surface area (Å²) in [5.41, 5.74) is 1.51. The summed E-state index contributed by atoms with van der Waals surface area (Å²) in [4.78, 5) is 18.7. The fourth-order valence-corrected chi connectivity index (χ4v) is 4.29. The number of rotatable bonds is 5. The van der Waals surface area contributed by atoms with Crippen molar-refractivity contribution in [3.05, 3.63) is 58.9 Å². The smallest absolute Gasteiger partial charge is 0.253 e. The predicted octanol–water partition coefficient (Wildman–Crippen LogP) is 3.67. The van der Waals surface area contributed by atoms with Crippen LogP contribution in [0.2, 0.25) is 5.15 Å². The highest BCUT2D eigenvalue weighted by molar-refractivity contribution is 6.29. The number of hydrogen-bond acceptors (Lipinski definition) is 4. The van der Waals surface area contributed by atoms with Gasteiger partial charge in [0.05, 0.1) is 5.56 Å². The Morgan fingerprint density at radius 3 is 2.74 bits per heavy atom. The number of nitrogens with one attached hydrogen (secondary N) is 1. The molecule has 2 bridgehead atoms. The monoisotopic (exact) mass is 385 g/mol. The lowest BCUT2D eigenvalue weighted by Gasteiger charge is -2.36. The summed E-state index contributed by atoms with van der Waals surface area (Å²) in [6.07, 6.45) is 6.52. The van der Waals surface area contributed by atoms with E-state index in [1.54, 1.807) is 12.1 Å². The van der Waals surface area contributed by atoms with Crippen LogP contribution in [0.25, 0.3) is 0 Å². The fraction of sp³-hybridized carbons (Fsp3) is 0.429. The molecule has 0 spiro atoms. The number of benzene rings is 1. The molecule has 2 aromatic rings. The second-order valence-electron chi connectivity index (χ2n) is 7.46. The average Bonchev–Trinajstić information content (AvgIpc) is 2.88. The quantitative estimate of drug-likeness (QED) is 0.798. The topological polar surface area (TPSA) is 54.5 Å². The van der Waals surface area contributed by atoms with Crippen molar-refractivity contribution in [3.63, 3.8) is 0 Å². The molecule has 2 aliphatic heterocycles. The normalized spacial score (nSPS) is 24.6. The van der Waals surface area contributed by atoms with Crippen molar-refractivity contribution in [2.75, 3.05) is 7.05 Å². The van der Waals surface area contributed by atoms with Gasteiger partial charge in [0.1, 0.15) is 17.0 Å². The number of halogens is 1. The van der Waals surface area contributed by atoms with Crippen molar-refractivity contribution in [2.24, 2.45) is 0 Å². The van der Waals surface area contributed by atoms with Gasteiger partial charge in [-0.3, -0.25) is 4.79 Å². The molecular formula is C21H24ClN3O2. The van der Waals surface area contributed by atoms with Crippen molar-refractivity contribution in [1.82, 2.24) is 15.2 Å². The first kappa shape index (κ1) is 18.3. The Balaban J connectivity index is 1.34. The molecule has 0 aliphatic carbocycles. The van der Waals surface area contributed by atoms with E-state index in [4.69, 9.17) is 16.3 Å². The number of aromatic nitrogens is 1. The van der Waals surface area contributed by atoms with Gasteiger partial charge in [-0.25, -0.2) is 4.98 Å². The van der Waals surface area contributed by atoms with Gasteiger partial charge in [-0.05, 0) is 62.6 Å². The van der Waals surface area contributed by atoms with Gasteiger partial charge in [0.15, 0.2) is 0 Å². The summed E-state index contributed by atoms with van der Waals surface area (Å²) in [6.45, 7) is 0.442. The van der Waals surface area contributed by atoms with E-state index in [0.717, 1.165) is 24.2 Å². The Morgan fingerprint density at radius 1 is 1.26 bits per heavy atom. The predicted molar refractivity (Wildman–Crippen MR) is 105 cm³/mol. The van der Waals surface area contributed by atoms with E-state index in [0.29, 0.717) is 29.3 Å². The first-order valence-electron chi connectivity index (χ1n) is 9.46. The van der Waals surface area contributed by atoms with Gasteiger partial charge in [-0.2, -0.15) is 0 Å². The van der Waals surface area contributed by atoms with Gasteiger partial charge in [0.2, 0.25) is 0 Å². The third-order valence-electron chi connectivity index (χ3n) is 5.70. The molecule has 1 amide bonds.